The minimum absolute atomic E-state index is 0.251. The molecule has 0 aliphatic carbocycles. The Labute approximate surface area is 167 Å². The van der Waals surface area contributed by atoms with Gasteiger partial charge in [-0.2, -0.15) is 0 Å². The third kappa shape index (κ3) is 2.68. The number of benzene rings is 2. The molecule has 0 saturated heterocycles. The van der Waals surface area contributed by atoms with E-state index in [9.17, 15) is 4.79 Å². The van der Waals surface area contributed by atoms with Gasteiger partial charge in [0.25, 0.3) is 0 Å². The number of esters is 1. The van der Waals surface area contributed by atoms with Crippen LogP contribution in [0.5, 0.6) is 23.0 Å². The standard InChI is InChI=1S/C22H20O7/c1-11(23)28-22-13-4-5-15-12(6-7-26-15)21(13)29-19-10-27-16-9-18(25-3)17(24-2)8-14(16)20(19)22/h4-9,19-20,22H,10H2,1-3H3/t19-,20+,22+/m1/s1. The van der Waals surface area contributed by atoms with Gasteiger partial charge in [-0.05, 0) is 24.3 Å². The van der Waals surface area contributed by atoms with Gasteiger partial charge < -0.3 is 28.1 Å². The summed E-state index contributed by atoms with van der Waals surface area (Å²) in [6.07, 6.45) is 0.754. The van der Waals surface area contributed by atoms with Crippen molar-refractivity contribution in [3.63, 3.8) is 0 Å². The van der Waals surface area contributed by atoms with E-state index in [1.807, 2.05) is 24.3 Å². The zero-order valence-electron chi connectivity index (χ0n) is 16.3. The largest absolute Gasteiger partial charge is 0.493 e. The van der Waals surface area contributed by atoms with E-state index in [2.05, 4.69) is 0 Å². The van der Waals surface area contributed by atoms with Crippen LogP contribution in [0.4, 0.5) is 0 Å². The highest BCUT2D eigenvalue weighted by Crippen LogP contribution is 2.53. The maximum Gasteiger partial charge on any atom is 0.303 e. The minimum atomic E-state index is -0.527. The Kier molecular flexibility index (Phi) is 4.04. The second-order valence-corrected chi connectivity index (χ2v) is 7.08. The van der Waals surface area contributed by atoms with Gasteiger partial charge in [0.05, 0.1) is 31.8 Å². The van der Waals surface area contributed by atoms with Crippen LogP contribution in [-0.4, -0.2) is 32.9 Å². The molecule has 29 heavy (non-hydrogen) atoms. The van der Waals surface area contributed by atoms with Gasteiger partial charge in [0.2, 0.25) is 0 Å². The fourth-order valence-corrected chi connectivity index (χ4v) is 4.25. The summed E-state index contributed by atoms with van der Waals surface area (Å²) in [5.74, 6) is 1.87. The number of carbonyl (C=O) groups is 1. The Bertz CT molecular complexity index is 1100. The van der Waals surface area contributed by atoms with Gasteiger partial charge in [0.15, 0.2) is 11.5 Å². The summed E-state index contributed by atoms with van der Waals surface area (Å²) in [5.41, 5.74) is 2.37. The normalized spacial score (nSPS) is 21.8. The quantitative estimate of drug-likeness (QED) is 0.620. The van der Waals surface area contributed by atoms with Crippen molar-refractivity contribution in [1.29, 1.82) is 0 Å². The van der Waals surface area contributed by atoms with Gasteiger partial charge in [0.1, 0.15) is 35.9 Å². The monoisotopic (exact) mass is 396 g/mol. The summed E-state index contributed by atoms with van der Waals surface area (Å²) in [6.45, 7) is 1.73. The lowest BCUT2D eigenvalue weighted by atomic mass is 9.80. The van der Waals surface area contributed by atoms with E-state index >= 15 is 0 Å². The molecule has 5 rings (SSSR count). The summed E-state index contributed by atoms with van der Waals surface area (Å²) >= 11 is 0. The van der Waals surface area contributed by atoms with Gasteiger partial charge in [-0.15, -0.1) is 0 Å². The van der Waals surface area contributed by atoms with Crippen LogP contribution >= 0.6 is 0 Å². The molecule has 0 saturated carbocycles. The number of methoxy groups -OCH3 is 2. The Morgan fingerprint density at radius 2 is 1.86 bits per heavy atom. The Balaban J connectivity index is 1.70. The molecule has 7 heteroatoms. The molecule has 1 aromatic heterocycles. The van der Waals surface area contributed by atoms with Crippen LogP contribution in [0.25, 0.3) is 11.0 Å². The number of carbonyl (C=O) groups excluding carboxylic acids is 1. The second kappa shape index (κ2) is 6.62. The van der Waals surface area contributed by atoms with E-state index in [0.717, 1.165) is 16.5 Å². The lowest BCUT2D eigenvalue weighted by Crippen LogP contribution is -2.42. The SMILES string of the molecule is COc1cc2c(cc1OC)[C@H]1[C@@H](CO2)Oc2c(ccc3occc23)[C@@H]1OC(C)=O. The first-order valence-electron chi connectivity index (χ1n) is 9.33. The second-order valence-electron chi connectivity index (χ2n) is 7.08. The fraction of sp³-hybridized carbons (Fsp3) is 0.318. The summed E-state index contributed by atoms with van der Waals surface area (Å²) in [6, 6.07) is 9.27. The van der Waals surface area contributed by atoms with Crippen LogP contribution in [-0.2, 0) is 9.53 Å². The number of fused-ring (bicyclic) bond motifs is 6. The van der Waals surface area contributed by atoms with Crippen molar-refractivity contribution in [3.8, 4) is 23.0 Å². The van der Waals surface area contributed by atoms with E-state index in [-0.39, 0.29) is 18.0 Å². The van der Waals surface area contributed by atoms with Crippen molar-refractivity contribution in [3.05, 3.63) is 47.7 Å². The maximum atomic E-state index is 12.0. The topological polar surface area (TPSA) is 76.4 Å². The van der Waals surface area contributed by atoms with Crippen molar-refractivity contribution < 1.29 is 32.9 Å². The third-order valence-corrected chi connectivity index (χ3v) is 5.49. The Morgan fingerprint density at radius 3 is 2.62 bits per heavy atom. The Morgan fingerprint density at radius 1 is 1.07 bits per heavy atom. The van der Waals surface area contributed by atoms with Crippen LogP contribution in [0, 0.1) is 0 Å². The average Bonchev–Trinajstić information content (AvgIpc) is 3.21. The molecule has 0 bridgehead atoms. The molecule has 0 N–H and O–H groups in total. The summed E-state index contributed by atoms with van der Waals surface area (Å²) in [7, 11) is 3.16. The molecule has 7 nitrogen and oxygen atoms in total. The first-order chi connectivity index (χ1) is 14.1. The first kappa shape index (κ1) is 17.7. The van der Waals surface area contributed by atoms with Crippen LogP contribution in [0.1, 0.15) is 30.1 Å². The summed E-state index contributed by atoms with van der Waals surface area (Å²) < 4.78 is 34.5. The van der Waals surface area contributed by atoms with E-state index < -0.39 is 6.10 Å². The van der Waals surface area contributed by atoms with Crippen molar-refractivity contribution >= 4 is 16.9 Å². The first-order valence-corrected chi connectivity index (χ1v) is 9.33. The van der Waals surface area contributed by atoms with E-state index in [1.54, 1.807) is 26.5 Å². The molecule has 2 aliphatic heterocycles. The van der Waals surface area contributed by atoms with E-state index in [1.165, 1.54) is 6.92 Å². The van der Waals surface area contributed by atoms with Gasteiger partial charge >= 0.3 is 5.97 Å². The fourth-order valence-electron chi connectivity index (χ4n) is 4.25. The zero-order valence-corrected chi connectivity index (χ0v) is 16.3. The molecule has 150 valence electrons. The predicted octanol–water partition coefficient (Wildman–Crippen LogP) is 3.99. The van der Waals surface area contributed by atoms with Crippen LogP contribution in [0.2, 0.25) is 0 Å². The molecule has 0 fully saturated rings. The van der Waals surface area contributed by atoms with Gasteiger partial charge in [0, 0.05) is 24.1 Å². The van der Waals surface area contributed by atoms with Crippen molar-refractivity contribution in [1.82, 2.24) is 0 Å². The average molecular weight is 396 g/mol. The molecule has 0 amide bonds. The molecule has 3 aromatic rings. The zero-order chi connectivity index (χ0) is 20.1. The number of furan rings is 1. The molecule has 3 heterocycles. The number of ether oxygens (including phenoxy) is 5. The van der Waals surface area contributed by atoms with Crippen molar-refractivity contribution in [2.45, 2.75) is 25.0 Å². The highest BCUT2D eigenvalue weighted by Gasteiger charge is 2.46. The van der Waals surface area contributed by atoms with Crippen LogP contribution in [0.3, 0.4) is 0 Å². The smallest absolute Gasteiger partial charge is 0.303 e. The number of rotatable bonds is 3. The van der Waals surface area contributed by atoms with E-state index in [0.29, 0.717) is 35.2 Å². The Hall–Kier alpha value is -3.35. The highest BCUT2D eigenvalue weighted by atomic mass is 16.6. The predicted molar refractivity (Wildman–Crippen MR) is 103 cm³/mol. The molecule has 2 aliphatic rings. The number of hydrogen-bond donors (Lipinski definition) is 0. The van der Waals surface area contributed by atoms with Crippen molar-refractivity contribution in [2.75, 3.05) is 20.8 Å². The van der Waals surface area contributed by atoms with Gasteiger partial charge in [-0.3, -0.25) is 4.79 Å². The molecular formula is C22H20O7. The maximum absolute atomic E-state index is 12.0. The lowest BCUT2D eigenvalue weighted by Gasteiger charge is -2.42. The highest BCUT2D eigenvalue weighted by molar-refractivity contribution is 5.86. The number of hydrogen-bond acceptors (Lipinski definition) is 7. The third-order valence-electron chi connectivity index (χ3n) is 5.49. The minimum Gasteiger partial charge on any atom is -0.493 e. The van der Waals surface area contributed by atoms with Gasteiger partial charge in [-0.1, -0.05) is 0 Å². The van der Waals surface area contributed by atoms with E-state index in [4.69, 9.17) is 28.1 Å². The summed E-state index contributed by atoms with van der Waals surface area (Å²) in [5, 5.41) is 0.844. The van der Waals surface area contributed by atoms with Crippen LogP contribution in [0.15, 0.2) is 41.0 Å². The molecule has 0 spiro atoms. The molecule has 2 aromatic carbocycles. The van der Waals surface area contributed by atoms with Crippen LogP contribution < -0.4 is 18.9 Å². The van der Waals surface area contributed by atoms with Gasteiger partial charge in [-0.25, -0.2) is 0 Å². The lowest BCUT2D eigenvalue weighted by molar-refractivity contribution is -0.151. The molecule has 0 unspecified atom stereocenters. The summed E-state index contributed by atoms with van der Waals surface area (Å²) in [4.78, 5) is 12.0. The van der Waals surface area contributed by atoms with Crippen molar-refractivity contribution in [2.24, 2.45) is 0 Å². The molecule has 3 atom stereocenters. The molecular weight excluding hydrogens is 376 g/mol. The molecule has 0 radical (unpaired) electrons.